The van der Waals surface area contributed by atoms with Crippen LogP contribution in [-0.2, 0) is 25.2 Å². The third kappa shape index (κ3) is 12.4. The summed E-state index contributed by atoms with van der Waals surface area (Å²) in [5, 5.41) is 43.0. The molecule has 24 heteroatoms. The van der Waals surface area contributed by atoms with Crippen LogP contribution in [0.5, 0.6) is 0 Å². The van der Waals surface area contributed by atoms with Crippen LogP contribution >= 0.6 is 22.6 Å². The number of anilines is 2. The number of carbonyl (C=O) groups is 4. The average molecular weight is 1210 g/mol. The number of amides is 2. The standard InChI is InChI=1S/C27H16F4N4O2.C20H11F4IN4O.C7H7BO3.2CH4/c28-23-10-9-20(13-18(23)14-32)35-24-22(25(33-35)27(29,30)31)11-12-34(26(24)37)19-7-5-16(6-8-19)21-4-2-1-3-17(21)15-36;21-16-6-5-14(9-11(16)10-26)29-17-15(18(27-29)20(22,23)24)7-8-28(19(17)30)13-3-1-12(25)2-4-13;9-5-6-3-1-2-4-7(6)8(10)11;;/h1-10,13,15H,11-12H2;1-6,9H,7-8H2;1-5,10-11H;2*1H4. The van der Waals surface area contributed by atoms with Crippen molar-refractivity contribution in [3.05, 3.63) is 205 Å². The lowest BCUT2D eigenvalue weighted by molar-refractivity contribution is -0.142. The van der Waals surface area contributed by atoms with E-state index in [0.29, 0.717) is 34.4 Å². The van der Waals surface area contributed by atoms with Crippen LogP contribution in [0.2, 0.25) is 0 Å². The quantitative estimate of drug-likeness (QED) is 0.0639. The van der Waals surface area contributed by atoms with Crippen molar-refractivity contribution in [2.75, 3.05) is 22.9 Å². The Morgan fingerprint density at radius 1 is 0.575 bits per heavy atom. The molecule has 0 unspecified atom stereocenters. The Hall–Kier alpha value is -8.85. The van der Waals surface area contributed by atoms with Crippen LogP contribution in [-0.4, -0.2) is 74.2 Å². The molecule has 14 nitrogen and oxygen atoms in total. The van der Waals surface area contributed by atoms with E-state index in [1.165, 1.54) is 28.0 Å². The van der Waals surface area contributed by atoms with Gasteiger partial charge in [0.25, 0.3) is 11.8 Å². The van der Waals surface area contributed by atoms with Crippen molar-refractivity contribution in [3.8, 4) is 34.6 Å². The highest BCUT2D eigenvalue weighted by molar-refractivity contribution is 14.1. The van der Waals surface area contributed by atoms with Crippen molar-refractivity contribution in [2.45, 2.75) is 40.0 Å². The van der Waals surface area contributed by atoms with Crippen molar-refractivity contribution in [3.63, 3.8) is 0 Å². The van der Waals surface area contributed by atoms with Gasteiger partial charge in [0.2, 0.25) is 0 Å². The summed E-state index contributed by atoms with van der Waals surface area (Å²) >= 11 is 2.11. The van der Waals surface area contributed by atoms with Crippen molar-refractivity contribution in [2.24, 2.45) is 0 Å². The van der Waals surface area contributed by atoms with Gasteiger partial charge in [-0.2, -0.15) is 47.1 Å². The first-order valence-electron chi connectivity index (χ1n) is 22.9. The molecule has 10 rings (SSSR count). The van der Waals surface area contributed by atoms with Gasteiger partial charge in [0, 0.05) is 50.3 Å². The number of hydrogen-bond donors (Lipinski definition) is 2. The second kappa shape index (κ2) is 24.9. The Labute approximate surface area is 465 Å². The molecule has 0 spiro atoms. The Morgan fingerprint density at radius 3 is 1.38 bits per heavy atom. The van der Waals surface area contributed by atoms with E-state index in [9.17, 15) is 54.3 Å². The first-order chi connectivity index (χ1) is 37.2. The second-order valence-corrected chi connectivity index (χ2v) is 18.2. The van der Waals surface area contributed by atoms with E-state index in [1.807, 2.05) is 0 Å². The molecule has 2 amide bonds. The van der Waals surface area contributed by atoms with Crippen molar-refractivity contribution >= 4 is 70.9 Å². The summed E-state index contributed by atoms with van der Waals surface area (Å²) in [4.78, 5) is 51.2. The van der Waals surface area contributed by atoms with E-state index in [2.05, 4.69) is 32.8 Å². The van der Waals surface area contributed by atoms with Crippen molar-refractivity contribution in [1.29, 1.82) is 10.5 Å². The number of aldehydes is 2. The predicted octanol–water partition coefficient (Wildman–Crippen LogP) is 10.7. The summed E-state index contributed by atoms with van der Waals surface area (Å²) in [7, 11) is -1.57. The fraction of sp³-hybridized carbons (Fsp3) is 0.143. The van der Waals surface area contributed by atoms with E-state index in [4.69, 9.17) is 20.6 Å². The highest BCUT2D eigenvalue weighted by atomic mass is 127. The van der Waals surface area contributed by atoms with Gasteiger partial charge in [0.15, 0.2) is 17.7 Å². The van der Waals surface area contributed by atoms with E-state index < -0.39 is 54.3 Å². The van der Waals surface area contributed by atoms with Crippen LogP contribution in [0.4, 0.5) is 46.5 Å². The normalized spacial score (nSPS) is 12.6. The fourth-order valence-electron chi connectivity index (χ4n) is 8.66. The molecule has 0 saturated carbocycles. The van der Waals surface area contributed by atoms with Crippen LogP contribution in [0.1, 0.15) is 90.2 Å². The number of rotatable bonds is 8. The summed E-state index contributed by atoms with van der Waals surface area (Å²) in [5.74, 6) is -3.02. The number of nitrogens with zero attached hydrogens (tertiary/aromatic N) is 8. The molecule has 8 aromatic rings. The average Bonchev–Trinajstić information content (AvgIpc) is 4.04. The lowest BCUT2D eigenvalue weighted by atomic mass is 9.77. The zero-order valence-electron chi connectivity index (χ0n) is 39.8. The predicted molar refractivity (Wildman–Crippen MR) is 289 cm³/mol. The van der Waals surface area contributed by atoms with Crippen LogP contribution in [0.25, 0.3) is 22.5 Å². The van der Waals surface area contributed by atoms with Gasteiger partial charge in [0.05, 0.1) is 22.5 Å². The number of hydrogen-bond acceptors (Lipinski definition) is 10. The second-order valence-electron chi connectivity index (χ2n) is 17.0. The van der Waals surface area contributed by atoms with Gasteiger partial charge in [-0.3, -0.25) is 19.2 Å². The van der Waals surface area contributed by atoms with Crippen LogP contribution < -0.4 is 15.3 Å². The molecule has 2 aromatic heterocycles. The fourth-order valence-corrected chi connectivity index (χ4v) is 9.02. The van der Waals surface area contributed by atoms with Gasteiger partial charge < -0.3 is 19.8 Å². The van der Waals surface area contributed by atoms with Crippen LogP contribution in [0.15, 0.2) is 133 Å². The Kier molecular flexibility index (Phi) is 18.8. The zero-order chi connectivity index (χ0) is 56.2. The molecular weight excluding hydrogens is 1170 g/mol. The number of halogens is 9. The highest BCUT2D eigenvalue weighted by Gasteiger charge is 2.45. The van der Waals surface area contributed by atoms with E-state index in [-0.39, 0.29) is 91.3 Å². The number of fused-ring (bicyclic) bond motifs is 2. The highest BCUT2D eigenvalue weighted by Crippen LogP contribution is 2.39. The maximum atomic E-state index is 13.9. The Bertz CT molecular complexity index is 3720. The lowest BCUT2D eigenvalue weighted by Gasteiger charge is -2.28. The first kappa shape index (κ1) is 60.4. The number of alkyl halides is 6. The molecule has 0 atom stereocenters. The minimum absolute atomic E-state index is 0. The van der Waals surface area contributed by atoms with Crippen LogP contribution in [0.3, 0.4) is 0 Å². The summed E-state index contributed by atoms with van der Waals surface area (Å²) in [6.45, 7) is 0.0474. The van der Waals surface area contributed by atoms with Gasteiger partial charge in [-0.1, -0.05) is 75.5 Å². The number of carbonyl (C=O) groups excluding carboxylic acids is 4. The minimum atomic E-state index is -4.82. The van der Waals surface area contributed by atoms with Crippen molar-refractivity contribution < 1.29 is 64.3 Å². The summed E-state index contributed by atoms with van der Waals surface area (Å²) in [5.41, 5.74) is -0.690. The molecule has 0 saturated heterocycles. The summed E-state index contributed by atoms with van der Waals surface area (Å²) in [6, 6.07) is 36.7. The molecule has 2 N–H and O–H groups in total. The molecular formula is C56H42BF8IN8O6. The van der Waals surface area contributed by atoms with Gasteiger partial charge in [-0.15, -0.1) is 0 Å². The lowest BCUT2D eigenvalue weighted by Crippen LogP contribution is -2.39. The maximum absolute atomic E-state index is 13.9. The van der Waals surface area contributed by atoms with E-state index >= 15 is 0 Å². The Balaban J connectivity index is 0.000000215. The number of aromatic nitrogens is 4. The monoisotopic (exact) mass is 1210 g/mol. The Morgan fingerprint density at radius 2 is 0.975 bits per heavy atom. The molecule has 408 valence electrons. The molecule has 0 bridgehead atoms. The molecule has 4 heterocycles. The van der Waals surface area contributed by atoms with Gasteiger partial charge >= 0.3 is 19.5 Å². The third-order valence-electron chi connectivity index (χ3n) is 12.3. The maximum Gasteiger partial charge on any atom is 0.489 e. The van der Waals surface area contributed by atoms with E-state index in [0.717, 1.165) is 55.1 Å². The molecule has 2 aliphatic heterocycles. The minimum Gasteiger partial charge on any atom is -0.423 e. The van der Waals surface area contributed by atoms with Crippen molar-refractivity contribution in [1.82, 2.24) is 19.6 Å². The molecule has 0 fully saturated rings. The molecule has 80 heavy (non-hydrogen) atoms. The van der Waals surface area contributed by atoms with Crippen LogP contribution in [0, 0.1) is 37.9 Å². The van der Waals surface area contributed by atoms with Gasteiger partial charge in [-0.25, -0.2) is 18.1 Å². The number of benzene rings is 6. The van der Waals surface area contributed by atoms with Gasteiger partial charge in [-0.05, 0) is 125 Å². The summed E-state index contributed by atoms with van der Waals surface area (Å²) in [6.07, 6.45) is -8.41. The SMILES string of the molecule is C.C.N#Cc1cc(-n2nc(C(F)(F)F)c3c2C(=O)N(c2ccc(-c4ccccc4C=O)cc2)CC3)ccc1F.N#Cc1cc(-n2nc(C(F)(F)F)c3c2C(=O)N(c2ccc(I)cc2)CC3)ccc1F.O=Cc1ccccc1B(O)O. The molecule has 0 aliphatic carbocycles. The third-order valence-corrected chi connectivity index (χ3v) is 13.0. The summed E-state index contributed by atoms with van der Waals surface area (Å²) < 4.78 is 112. The van der Waals surface area contributed by atoms with E-state index in [1.54, 1.807) is 97.1 Å². The zero-order valence-corrected chi connectivity index (χ0v) is 41.9. The number of nitriles is 2. The first-order valence-corrected chi connectivity index (χ1v) is 24.0. The largest absolute Gasteiger partial charge is 0.489 e. The topological polar surface area (TPSA) is 198 Å². The molecule has 0 radical (unpaired) electrons. The molecule has 6 aromatic carbocycles. The smallest absolute Gasteiger partial charge is 0.423 e. The van der Waals surface area contributed by atoms with Gasteiger partial charge in [0.1, 0.15) is 41.4 Å². The molecule has 2 aliphatic rings.